The number of rotatable bonds is 4. The second-order valence-electron chi connectivity index (χ2n) is 6.28. The third kappa shape index (κ3) is 3.13. The Kier molecular flexibility index (Phi) is 4.55. The number of hydrogen-bond donors (Lipinski definition) is 1. The Bertz CT molecular complexity index is 755. The first-order valence-electron chi connectivity index (χ1n) is 8.36. The van der Waals surface area contributed by atoms with Gasteiger partial charge in [-0.1, -0.05) is 6.92 Å². The van der Waals surface area contributed by atoms with Crippen molar-refractivity contribution in [2.24, 2.45) is 7.05 Å². The molecule has 1 atom stereocenters. The van der Waals surface area contributed by atoms with E-state index in [9.17, 15) is 9.18 Å². The first-order valence-corrected chi connectivity index (χ1v) is 8.36. The van der Waals surface area contributed by atoms with Crippen molar-refractivity contribution < 1.29 is 9.18 Å². The fourth-order valence-corrected chi connectivity index (χ4v) is 3.27. The van der Waals surface area contributed by atoms with Gasteiger partial charge >= 0.3 is 0 Å². The van der Waals surface area contributed by atoms with Crippen molar-refractivity contribution in [3.05, 3.63) is 41.5 Å². The molecule has 2 aromatic rings. The Morgan fingerprint density at radius 2 is 2.21 bits per heavy atom. The zero-order valence-electron chi connectivity index (χ0n) is 14.3. The van der Waals surface area contributed by atoms with Crippen LogP contribution in [0.25, 0.3) is 0 Å². The molecule has 3 rings (SSSR count). The number of aromatic nitrogens is 2. The summed E-state index contributed by atoms with van der Waals surface area (Å²) in [5.41, 5.74) is 3.44. The van der Waals surface area contributed by atoms with E-state index >= 15 is 0 Å². The number of aryl methyl sites for hydroxylation is 3. The van der Waals surface area contributed by atoms with E-state index in [4.69, 9.17) is 0 Å². The number of carbonyl (C=O) groups excluding carboxylic acids is 1. The number of hydrogen-bond acceptors (Lipinski definition) is 3. The third-order valence-electron chi connectivity index (χ3n) is 4.46. The number of nitrogens with zero attached hydrogens (tertiary/aromatic N) is 3. The number of nitrogens with one attached hydrogen (secondary N) is 1. The molecule has 0 radical (unpaired) electrons. The number of piperidine rings is 1. The van der Waals surface area contributed by atoms with E-state index in [0.717, 1.165) is 41.9 Å². The Hall–Kier alpha value is -2.37. The van der Waals surface area contributed by atoms with Crippen LogP contribution in [0.4, 0.5) is 15.8 Å². The number of amides is 1. The van der Waals surface area contributed by atoms with Crippen molar-refractivity contribution in [2.75, 3.05) is 16.8 Å². The summed E-state index contributed by atoms with van der Waals surface area (Å²) in [5, 5.41) is 7.76. The molecule has 1 N–H and O–H groups in total. The summed E-state index contributed by atoms with van der Waals surface area (Å²) in [6, 6.07) is 4.28. The number of carbonyl (C=O) groups is 1. The van der Waals surface area contributed by atoms with E-state index in [1.165, 1.54) is 12.1 Å². The van der Waals surface area contributed by atoms with Gasteiger partial charge < -0.3 is 10.2 Å². The fourth-order valence-electron chi connectivity index (χ4n) is 3.27. The molecule has 2 heterocycles. The second kappa shape index (κ2) is 6.63. The molecule has 0 saturated carbocycles. The van der Waals surface area contributed by atoms with Crippen molar-refractivity contribution in [3.63, 3.8) is 0 Å². The number of benzene rings is 1. The topological polar surface area (TPSA) is 50.2 Å². The van der Waals surface area contributed by atoms with Crippen molar-refractivity contribution in [1.29, 1.82) is 0 Å². The summed E-state index contributed by atoms with van der Waals surface area (Å²) >= 11 is 0. The molecule has 24 heavy (non-hydrogen) atoms. The molecule has 1 aliphatic heterocycles. The Morgan fingerprint density at radius 3 is 2.92 bits per heavy atom. The predicted octanol–water partition coefficient (Wildman–Crippen LogP) is 3.04. The molecular formula is C18H23FN4O. The SMILES string of the molecule is CCc1nn(C)cc1NC1CCCN(c2ccc(F)cc2C)C1=O. The average molecular weight is 330 g/mol. The van der Waals surface area contributed by atoms with Crippen molar-refractivity contribution >= 4 is 17.3 Å². The van der Waals surface area contributed by atoms with Gasteiger partial charge in [-0.25, -0.2) is 4.39 Å². The van der Waals surface area contributed by atoms with Gasteiger partial charge in [0, 0.05) is 25.5 Å². The van der Waals surface area contributed by atoms with Crippen LogP contribution in [0.5, 0.6) is 0 Å². The van der Waals surface area contributed by atoms with Crippen LogP contribution in [0.1, 0.15) is 31.0 Å². The minimum atomic E-state index is -0.280. The lowest BCUT2D eigenvalue weighted by molar-refractivity contribution is -0.120. The molecule has 1 aromatic carbocycles. The molecule has 128 valence electrons. The molecule has 1 fully saturated rings. The molecular weight excluding hydrogens is 307 g/mol. The van der Waals surface area contributed by atoms with Gasteiger partial charge in [0.1, 0.15) is 11.9 Å². The lowest BCUT2D eigenvalue weighted by Crippen LogP contribution is -2.48. The van der Waals surface area contributed by atoms with Crippen LogP contribution < -0.4 is 10.2 Å². The van der Waals surface area contributed by atoms with Crippen LogP contribution in [-0.4, -0.2) is 28.3 Å². The lowest BCUT2D eigenvalue weighted by Gasteiger charge is -2.34. The Balaban J connectivity index is 1.82. The van der Waals surface area contributed by atoms with Crippen LogP contribution in [0, 0.1) is 12.7 Å². The first-order chi connectivity index (χ1) is 11.5. The van der Waals surface area contributed by atoms with E-state index in [-0.39, 0.29) is 17.8 Å². The van der Waals surface area contributed by atoms with E-state index in [1.807, 2.05) is 27.1 Å². The summed E-state index contributed by atoms with van der Waals surface area (Å²) in [4.78, 5) is 14.7. The maximum absolute atomic E-state index is 13.3. The van der Waals surface area contributed by atoms with Gasteiger partial charge in [0.2, 0.25) is 5.91 Å². The minimum absolute atomic E-state index is 0.0295. The highest BCUT2D eigenvalue weighted by molar-refractivity contribution is 6.00. The third-order valence-corrected chi connectivity index (χ3v) is 4.46. The van der Waals surface area contributed by atoms with Crippen LogP contribution in [0.15, 0.2) is 24.4 Å². The molecule has 6 heteroatoms. The first kappa shape index (κ1) is 16.5. The van der Waals surface area contributed by atoms with E-state index in [0.29, 0.717) is 6.54 Å². The Labute approximate surface area is 141 Å². The van der Waals surface area contributed by atoms with Crippen LogP contribution in [0.2, 0.25) is 0 Å². The molecule has 1 aliphatic rings. The van der Waals surface area contributed by atoms with Crippen molar-refractivity contribution in [3.8, 4) is 0 Å². The van der Waals surface area contributed by atoms with Crippen LogP contribution >= 0.6 is 0 Å². The van der Waals surface area contributed by atoms with E-state index in [2.05, 4.69) is 10.4 Å². The number of anilines is 2. The van der Waals surface area contributed by atoms with Gasteiger partial charge in [0.25, 0.3) is 0 Å². The van der Waals surface area contributed by atoms with Crippen molar-refractivity contribution in [2.45, 2.75) is 39.2 Å². The zero-order chi connectivity index (χ0) is 17.3. The van der Waals surface area contributed by atoms with Gasteiger partial charge in [0.05, 0.1) is 11.4 Å². The molecule has 1 saturated heterocycles. The molecule has 0 bridgehead atoms. The molecule has 1 unspecified atom stereocenters. The van der Waals surface area contributed by atoms with Gasteiger partial charge in [-0.2, -0.15) is 5.10 Å². The largest absolute Gasteiger partial charge is 0.371 e. The van der Waals surface area contributed by atoms with E-state index in [1.54, 1.807) is 15.6 Å². The average Bonchev–Trinajstić information content (AvgIpc) is 2.90. The predicted molar refractivity (Wildman–Crippen MR) is 92.7 cm³/mol. The smallest absolute Gasteiger partial charge is 0.249 e. The molecule has 5 nitrogen and oxygen atoms in total. The normalized spacial score (nSPS) is 18.1. The standard InChI is InChI=1S/C18H23FN4O/c1-4-14-16(11-22(3)21-14)20-15-6-5-9-23(18(15)24)17-8-7-13(19)10-12(17)2/h7-8,10-11,15,20H,4-6,9H2,1-3H3. The summed E-state index contributed by atoms with van der Waals surface area (Å²) in [6.07, 6.45) is 4.41. The summed E-state index contributed by atoms with van der Waals surface area (Å²) < 4.78 is 15.1. The van der Waals surface area contributed by atoms with Gasteiger partial charge in [-0.3, -0.25) is 9.48 Å². The monoisotopic (exact) mass is 330 g/mol. The molecule has 0 aliphatic carbocycles. The van der Waals surface area contributed by atoms with Crippen LogP contribution in [-0.2, 0) is 18.3 Å². The summed E-state index contributed by atoms with van der Waals surface area (Å²) in [7, 11) is 1.88. The molecule has 1 amide bonds. The van der Waals surface area contributed by atoms with Crippen molar-refractivity contribution in [1.82, 2.24) is 9.78 Å². The maximum Gasteiger partial charge on any atom is 0.249 e. The zero-order valence-corrected chi connectivity index (χ0v) is 14.3. The molecule has 0 spiro atoms. The van der Waals surface area contributed by atoms with Gasteiger partial charge in [0.15, 0.2) is 0 Å². The minimum Gasteiger partial charge on any atom is -0.371 e. The highest BCUT2D eigenvalue weighted by atomic mass is 19.1. The second-order valence-corrected chi connectivity index (χ2v) is 6.28. The summed E-state index contributed by atoms with van der Waals surface area (Å²) in [5.74, 6) is -0.250. The van der Waals surface area contributed by atoms with Gasteiger partial charge in [-0.05, 0) is 49.9 Å². The Morgan fingerprint density at radius 1 is 1.42 bits per heavy atom. The number of halogens is 1. The highest BCUT2D eigenvalue weighted by Crippen LogP contribution is 2.27. The maximum atomic E-state index is 13.3. The van der Waals surface area contributed by atoms with E-state index < -0.39 is 0 Å². The van der Waals surface area contributed by atoms with Gasteiger partial charge in [-0.15, -0.1) is 0 Å². The molecule has 1 aromatic heterocycles. The quantitative estimate of drug-likeness (QED) is 0.937. The fraction of sp³-hybridized carbons (Fsp3) is 0.444. The van der Waals surface area contributed by atoms with Crippen LogP contribution in [0.3, 0.4) is 0 Å². The lowest BCUT2D eigenvalue weighted by atomic mass is 10.0. The summed E-state index contributed by atoms with van der Waals surface area (Å²) in [6.45, 7) is 4.54. The highest BCUT2D eigenvalue weighted by Gasteiger charge is 2.31.